The molecule has 19 heavy (non-hydrogen) atoms. The van der Waals surface area contributed by atoms with Crippen LogP contribution in [-0.4, -0.2) is 10.2 Å². The zero-order valence-electron chi connectivity index (χ0n) is 10.9. The van der Waals surface area contributed by atoms with Crippen LogP contribution in [0.4, 0.5) is 0 Å². The number of benzene rings is 1. The van der Waals surface area contributed by atoms with Crippen LogP contribution in [0.3, 0.4) is 0 Å². The van der Waals surface area contributed by atoms with E-state index in [1.165, 1.54) is 11.1 Å². The Hall–Kier alpha value is -1.32. The van der Waals surface area contributed by atoms with Crippen LogP contribution in [0, 0.1) is 6.92 Å². The summed E-state index contributed by atoms with van der Waals surface area (Å²) in [7, 11) is 0. The molecule has 1 aromatic heterocycles. The van der Waals surface area contributed by atoms with E-state index in [-0.39, 0.29) is 10.3 Å². The fourth-order valence-corrected chi connectivity index (χ4v) is 2.16. The molecule has 0 aliphatic heterocycles. The first kappa shape index (κ1) is 14.1. The third kappa shape index (κ3) is 3.37. The lowest BCUT2D eigenvalue weighted by Gasteiger charge is -2.12. The molecule has 1 aromatic carbocycles. The van der Waals surface area contributed by atoms with Gasteiger partial charge in [-0.1, -0.05) is 43.1 Å². The molecule has 0 amide bonds. The highest BCUT2D eigenvalue weighted by Gasteiger charge is 2.09. The minimum Gasteiger partial charge on any atom is -0.454 e. The molecule has 0 N–H and O–H groups in total. The first-order valence-electron chi connectivity index (χ1n) is 5.94. The molecule has 0 atom stereocenters. The van der Waals surface area contributed by atoms with E-state index < -0.39 is 0 Å². The normalized spacial score (nSPS) is 10.8. The number of aryl methyl sites for hydroxylation is 1. The summed E-state index contributed by atoms with van der Waals surface area (Å²) in [5.74, 6) is 1.58. The smallest absolute Gasteiger partial charge is 0.194 e. The maximum Gasteiger partial charge on any atom is 0.194 e. The third-order valence-corrected chi connectivity index (χ3v) is 3.22. The van der Waals surface area contributed by atoms with E-state index in [0.717, 1.165) is 0 Å². The molecular formula is C14H14Cl2N2O. The molecule has 2 rings (SSSR count). The first-order chi connectivity index (χ1) is 8.97. The van der Waals surface area contributed by atoms with Gasteiger partial charge in [-0.05, 0) is 36.1 Å². The maximum absolute atomic E-state index is 5.91. The molecule has 0 bridgehead atoms. The molecule has 2 aromatic rings. The Labute approximate surface area is 122 Å². The summed E-state index contributed by atoms with van der Waals surface area (Å²) < 4.78 is 5.69. The molecule has 0 radical (unpaired) electrons. The van der Waals surface area contributed by atoms with Gasteiger partial charge in [-0.3, -0.25) is 0 Å². The average molecular weight is 297 g/mol. The molecule has 0 saturated carbocycles. The summed E-state index contributed by atoms with van der Waals surface area (Å²) in [6.45, 7) is 6.38. The van der Waals surface area contributed by atoms with Crippen molar-refractivity contribution >= 4 is 23.2 Å². The molecule has 3 nitrogen and oxygen atoms in total. The minimum atomic E-state index is 0.190. The van der Waals surface area contributed by atoms with Gasteiger partial charge >= 0.3 is 0 Å². The highest BCUT2D eigenvalue weighted by molar-refractivity contribution is 6.32. The third-order valence-electron chi connectivity index (χ3n) is 2.78. The maximum atomic E-state index is 5.91. The van der Waals surface area contributed by atoms with Crippen LogP contribution in [-0.2, 0) is 0 Å². The van der Waals surface area contributed by atoms with Crippen molar-refractivity contribution in [3.63, 3.8) is 0 Å². The Balaban J connectivity index is 2.29. The van der Waals surface area contributed by atoms with Gasteiger partial charge in [0.25, 0.3) is 0 Å². The zero-order chi connectivity index (χ0) is 14.0. The number of ether oxygens (including phenoxy) is 1. The monoisotopic (exact) mass is 296 g/mol. The molecule has 0 unspecified atom stereocenters. The molecule has 0 saturated heterocycles. The molecular weight excluding hydrogens is 283 g/mol. The Bertz CT molecular complexity index is 600. The SMILES string of the molecule is Cc1cc(Oc2cc(Cl)nnc2Cl)ccc1C(C)C. The first-order valence-corrected chi connectivity index (χ1v) is 6.70. The number of nitrogens with zero attached hydrogens (tertiary/aromatic N) is 2. The molecule has 0 fully saturated rings. The van der Waals surface area contributed by atoms with E-state index in [1.807, 2.05) is 12.1 Å². The Morgan fingerprint density at radius 2 is 1.84 bits per heavy atom. The fraction of sp³-hybridized carbons (Fsp3) is 0.286. The van der Waals surface area contributed by atoms with Crippen molar-refractivity contribution < 1.29 is 4.74 Å². The fourth-order valence-electron chi connectivity index (χ4n) is 1.90. The van der Waals surface area contributed by atoms with E-state index in [9.17, 15) is 0 Å². The summed E-state index contributed by atoms with van der Waals surface area (Å²) in [5, 5.41) is 7.78. The van der Waals surface area contributed by atoms with Crippen molar-refractivity contribution in [2.24, 2.45) is 0 Å². The minimum absolute atomic E-state index is 0.190. The average Bonchev–Trinajstić information content (AvgIpc) is 2.33. The van der Waals surface area contributed by atoms with Crippen molar-refractivity contribution in [2.75, 3.05) is 0 Å². The van der Waals surface area contributed by atoms with Crippen LogP contribution in [0.2, 0.25) is 10.3 Å². The Morgan fingerprint density at radius 1 is 1.11 bits per heavy atom. The van der Waals surface area contributed by atoms with Gasteiger partial charge in [-0.25, -0.2) is 0 Å². The van der Waals surface area contributed by atoms with Crippen LogP contribution in [0.25, 0.3) is 0 Å². The molecule has 0 aliphatic rings. The number of halogens is 2. The summed E-state index contributed by atoms with van der Waals surface area (Å²) >= 11 is 11.7. The predicted octanol–water partition coefficient (Wildman–Crippen LogP) is 5.01. The number of hydrogen-bond acceptors (Lipinski definition) is 3. The van der Waals surface area contributed by atoms with Crippen LogP contribution >= 0.6 is 23.2 Å². The van der Waals surface area contributed by atoms with Crippen LogP contribution in [0.5, 0.6) is 11.5 Å². The Kier molecular flexibility index (Phi) is 4.27. The highest BCUT2D eigenvalue weighted by atomic mass is 35.5. The molecule has 5 heteroatoms. The van der Waals surface area contributed by atoms with Crippen molar-refractivity contribution in [3.05, 3.63) is 45.7 Å². The molecule has 0 aliphatic carbocycles. The summed E-state index contributed by atoms with van der Waals surface area (Å²) in [6, 6.07) is 7.48. The van der Waals surface area contributed by atoms with Gasteiger partial charge in [-0.2, -0.15) is 0 Å². The Morgan fingerprint density at radius 3 is 2.47 bits per heavy atom. The standard InChI is InChI=1S/C14H14Cl2N2O/c1-8(2)11-5-4-10(6-9(11)3)19-12-7-13(15)17-18-14(12)16/h4-8H,1-3H3. The van der Waals surface area contributed by atoms with Crippen molar-refractivity contribution in [1.29, 1.82) is 0 Å². The summed E-state index contributed by atoms with van der Waals surface area (Å²) in [6.07, 6.45) is 0. The largest absolute Gasteiger partial charge is 0.454 e. The molecule has 1 heterocycles. The van der Waals surface area contributed by atoms with Crippen molar-refractivity contribution in [3.8, 4) is 11.5 Å². The lowest BCUT2D eigenvalue weighted by Crippen LogP contribution is -1.94. The number of hydrogen-bond donors (Lipinski definition) is 0. The van der Waals surface area contributed by atoms with E-state index in [4.69, 9.17) is 27.9 Å². The lowest BCUT2D eigenvalue weighted by molar-refractivity contribution is 0.478. The van der Waals surface area contributed by atoms with Crippen LogP contribution in [0.1, 0.15) is 30.9 Å². The second-order valence-electron chi connectivity index (χ2n) is 4.60. The van der Waals surface area contributed by atoms with Crippen LogP contribution < -0.4 is 4.74 Å². The molecule has 100 valence electrons. The van der Waals surface area contributed by atoms with Gasteiger partial charge in [0.1, 0.15) is 5.75 Å². The van der Waals surface area contributed by atoms with Gasteiger partial charge in [0.05, 0.1) is 0 Å². The van der Waals surface area contributed by atoms with Gasteiger partial charge < -0.3 is 4.74 Å². The van der Waals surface area contributed by atoms with E-state index in [0.29, 0.717) is 17.4 Å². The van der Waals surface area contributed by atoms with Crippen molar-refractivity contribution in [2.45, 2.75) is 26.7 Å². The van der Waals surface area contributed by atoms with Crippen LogP contribution in [0.15, 0.2) is 24.3 Å². The molecule has 0 spiro atoms. The van der Waals surface area contributed by atoms with E-state index >= 15 is 0 Å². The van der Waals surface area contributed by atoms with Gasteiger partial charge in [0.15, 0.2) is 16.1 Å². The topological polar surface area (TPSA) is 35.0 Å². The lowest BCUT2D eigenvalue weighted by atomic mass is 9.98. The second-order valence-corrected chi connectivity index (χ2v) is 5.34. The van der Waals surface area contributed by atoms with Gasteiger partial charge in [0.2, 0.25) is 0 Å². The predicted molar refractivity (Wildman–Crippen MR) is 77.4 cm³/mol. The van der Waals surface area contributed by atoms with Gasteiger partial charge in [-0.15, -0.1) is 10.2 Å². The van der Waals surface area contributed by atoms with Crippen molar-refractivity contribution in [1.82, 2.24) is 10.2 Å². The van der Waals surface area contributed by atoms with E-state index in [2.05, 4.69) is 37.0 Å². The number of rotatable bonds is 3. The summed E-state index contributed by atoms with van der Waals surface area (Å²) in [5.41, 5.74) is 2.47. The quantitative estimate of drug-likeness (QED) is 0.799. The summed E-state index contributed by atoms with van der Waals surface area (Å²) in [4.78, 5) is 0. The van der Waals surface area contributed by atoms with E-state index in [1.54, 1.807) is 6.07 Å². The number of aromatic nitrogens is 2. The highest BCUT2D eigenvalue weighted by Crippen LogP contribution is 2.31. The second kappa shape index (κ2) is 5.76. The van der Waals surface area contributed by atoms with Gasteiger partial charge in [0, 0.05) is 6.07 Å². The zero-order valence-corrected chi connectivity index (χ0v) is 12.5.